The molecule has 3 heteroatoms. The molecule has 6 rings (SSSR count). The van der Waals surface area contributed by atoms with Gasteiger partial charge >= 0.3 is 0 Å². The molecule has 0 spiro atoms. The summed E-state index contributed by atoms with van der Waals surface area (Å²) in [5.41, 5.74) is 6.73. The molecule has 0 atom stereocenters. The summed E-state index contributed by atoms with van der Waals surface area (Å²) in [7, 11) is 2.03. The van der Waals surface area contributed by atoms with Gasteiger partial charge in [0.05, 0.1) is 29.0 Å². The molecule has 0 fully saturated rings. The van der Waals surface area contributed by atoms with Crippen molar-refractivity contribution in [1.82, 2.24) is 9.38 Å². The molecule has 0 N–H and O–H groups in total. The van der Waals surface area contributed by atoms with E-state index < -0.39 is 6.85 Å². The maximum atomic E-state index is 7.87. The van der Waals surface area contributed by atoms with E-state index in [1.807, 2.05) is 25.5 Å². The minimum Gasteiger partial charge on any atom is -0.308 e. The van der Waals surface area contributed by atoms with Crippen LogP contribution in [0.15, 0.2) is 54.9 Å². The third kappa shape index (κ3) is 1.50. The first-order chi connectivity index (χ1) is 13.9. The molecule has 0 aliphatic rings. The van der Waals surface area contributed by atoms with E-state index in [9.17, 15) is 0 Å². The number of aromatic nitrogens is 3. The van der Waals surface area contributed by atoms with Crippen LogP contribution in [0.4, 0.5) is 0 Å². The predicted octanol–water partition coefficient (Wildman–Crippen LogP) is 4.83. The molecule has 0 saturated heterocycles. The van der Waals surface area contributed by atoms with E-state index in [1.54, 1.807) is 6.07 Å². The zero-order valence-corrected chi connectivity index (χ0v) is 14.5. The van der Waals surface area contributed by atoms with E-state index in [0.717, 1.165) is 43.7 Å². The minimum atomic E-state index is -2.14. The smallest absolute Gasteiger partial charge is 0.287 e. The topological polar surface area (TPSA) is 21.2 Å². The maximum absolute atomic E-state index is 7.87. The van der Waals surface area contributed by atoms with Crippen LogP contribution in [0.2, 0.25) is 0 Å². The van der Waals surface area contributed by atoms with Gasteiger partial charge in [-0.15, -0.1) is 0 Å². The summed E-state index contributed by atoms with van der Waals surface area (Å²) >= 11 is 0. The van der Waals surface area contributed by atoms with Crippen LogP contribution < -0.4 is 4.57 Å². The zero-order valence-electron chi connectivity index (χ0n) is 17.5. The van der Waals surface area contributed by atoms with Crippen molar-refractivity contribution in [2.24, 2.45) is 7.05 Å². The Hall–Kier alpha value is -3.20. The third-order valence-corrected chi connectivity index (χ3v) is 5.60. The molecule has 26 heavy (non-hydrogen) atoms. The Morgan fingerprint density at radius 2 is 1.88 bits per heavy atom. The van der Waals surface area contributed by atoms with Crippen molar-refractivity contribution in [2.75, 3.05) is 0 Å². The Morgan fingerprint density at radius 3 is 2.77 bits per heavy atom. The molecule has 0 aliphatic heterocycles. The number of rotatable bonds is 0. The van der Waals surface area contributed by atoms with Gasteiger partial charge in [-0.2, -0.15) is 0 Å². The zero-order chi connectivity index (χ0) is 20.1. The molecule has 0 unspecified atom stereocenters. The average Bonchev–Trinajstić information content (AvgIpc) is 3.02. The molecule has 0 aliphatic carbocycles. The molecule has 3 nitrogen and oxygen atoms in total. The Labute approximate surface area is 154 Å². The van der Waals surface area contributed by atoms with Gasteiger partial charge in [0.25, 0.3) is 6.33 Å². The molecule has 3 aromatic carbocycles. The van der Waals surface area contributed by atoms with Crippen LogP contribution in [-0.2, 0) is 7.05 Å². The van der Waals surface area contributed by atoms with Gasteiger partial charge in [-0.1, -0.05) is 24.3 Å². The molecule has 0 bridgehead atoms. The Morgan fingerprint density at radius 1 is 1.00 bits per heavy atom. The van der Waals surface area contributed by atoms with Crippen molar-refractivity contribution in [3.05, 3.63) is 66.0 Å². The van der Waals surface area contributed by atoms with Crippen LogP contribution in [0.5, 0.6) is 0 Å². The molecular formula is C23H18N3+. The Kier molecular flexibility index (Phi) is 1.98. The van der Waals surface area contributed by atoms with Crippen molar-refractivity contribution in [3.8, 4) is 0 Å². The van der Waals surface area contributed by atoms with Gasteiger partial charge in [-0.05, 0) is 54.2 Å². The van der Waals surface area contributed by atoms with Crippen LogP contribution in [0.25, 0.3) is 49.1 Å². The van der Waals surface area contributed by atoms with E-state index in [1.165, 1.54) is 10.9 Å². The minimum absolute atomic E-state index is 0.358. The largest absolute Gasteiger partial charge is 0.308 e. The van der Waals surface area contributed by atoms with Gasteiger partial charge in [-0.25, -0.2) is 4.57 Å². The quantitative estimate of drug-likeness (QED) is 0.221. The van der Waals surface area contributed by atoms with E-state index in [0.29, 0.717) is 5.56 Å². The van der Waals surface area contributed by atoms with E-state index in [2.05, 4.69) is 51.2 Å². The van der Waals surface area contributed by atoms with Gasteiger partial charge in [-0.3, -0.25) is 0 Å². The van der Waals surface area contributed by atoms with Gasteiger partial charge in [0.15, 0.2) is 5.52 Å². The standard InChI is InChI=1S/C23H18N3/c1-13-7-8-15-16-9-10-17-21-22(16)26(19(15)11-13)18-6-4-5-14(2)20(18)23(21)25(3)12-24-17/h4-12H,1-3H3/q+1/i1D3. The van der Waals surface area contributed by atoms with Crippen molar-refractivity contribution in [3.63, 3.8) is 0 Å². The molecule has 0 amide bonds. The lowest BCUT2D eigenvalue weighted by Crippen LogP contribution is -2.30. The van der Waals surface area contributed by atoms with Crippen molar-refractivity contribution in [1.29, 1.82) is 0 Å². The predicted molar refractivity (Wildman–Crippen MR) is 107 cm³/mol. The second-order valence-electron chi connectivity index (χ2n) is 7.10. The average molecular weight is 339 g/mol. The summed E-state index contributed by atoms with van der Waals surface area (Å²) in [6.07, 6.45) is 1.87. The highest BCUT2D eigenvalue weighted by Gasteiger charge is 2.23. The molecular weight excluding hydrogens is 318 g/mol. The highest BCUT2D eigenvalue weighted by atomic mass is 15.0. The van der Waals surface area contributed by atoms with Crippen LogP contribution in [-0.4, -0.2) is 9.38 Å². The fourth-order valence-corrected chi connectivity index (χ4v) is 4.52. The van der Waals surface area contributed by atoms with Crippen LogP contribution in [0.1, 0.15) is 15.2 Å². The summed E-state index contributed by atoms with van der Waals surface area (Å²) in [5.74, 6) is 0. The first-order valence-electron chi connectivity index (χ1n) is 10.2. The summed E-state index contributed by atoms with van der Waals surface area (Å²) < 4.78 is 27.9. The molecule has 6 aromatic rings. The van der Waals surface area contributed by atoms with E-state index in [4.69, 9.17) is 4.11 Å². The van der Waals surface area contributed by atoms with Gasteiger partial charge < -0.3 is 4.40 Å². The second kappa shape index (κ2) is 4.50. The van der Waals surface area contributed by atoms with E-state index in [-0.39, 0.29) is 0 Å². The Balaban J connectivity index is 2.03. The highest BCUT2D eigenvalue weighted by Crippen LogP contribution is 2.40. The summed E-state index contributed by atoms with van der Waals surface area (Å²) in [4.78, 5) is 4.66. The monoisotopic (exact) mass is 339 g/mol. The number of nitrogens with zero attached hydrogens (tertiary/aromatic N) is 3. The number of pyridine rings is 1. The number of fused-ring (bicyclic) bond motifs is 6. The summed E-state index contributed by atoms with van der Waals surface area (Å²) in [6.45, 7) is -0.0218. The van der Waals surface area contributed by atoms with Crippen molar-refractivity contribution in [2.45, 2.75) is 13.8 Å². The lowest BCUT2D eigenvalue weighted by molar-refractivity contribution is -0.646. The normalized spacial score (nSPS) is 14.6. The fraction of sp³-hybridized carbons (Fsp3) is 0.130. The van der Waals surface area contributed by atoms with Crippen LogP contribution in [0.3, 0.4) is 0 Å². The Bertz CT molecular complexity index is 1610. The summed E-state index contributed by atoms with van der Waals surface area (Å²) in [6, 6.07) is 15.9. The van der Waals surface area contributed by atoms with Crippen molar-refractivity contribution >= 4 is 49.1 Å². The van der Waals surface area contributed by atoms with Gasteiger partial charge in [0.1, 0.15) is 5.52 Å². The molecule has 0 saturated carbocycles. The third-order valence-electron chi connectivity index (χ3n) is 5.60. The SMILES string of the molecule is [2H]C([2H])([2H])c1ccc2c3ccc4nc[n+](C)c5c6c(C)cccc6n(c2c1)c3c45. The van der Waals surface area contributed by atoms with Crippen LogP contribution >= 0.6 is 0 Å². The lowest BCUT2D eigenvalue weighted by Gasteiger charge is -2.12. The molecule has 0 radical (unpaired) electrons. The maximum Gasteiger partial charge on any atom is 0.287 e. The van der Waals surface area contributed by atoms with Crippen molar-refractivity contribution < 1.29 is 8.68 Å². The van der Waals surface area contributed by atoms with E-state index >= 15 is 0 Å². The number of hydrogen-bond donors (Lipinski definition) is 0. The second-order valence-corrected chi connectivity index (χ2v) is 7.10. The lowest BCUT2D eigenvalue weighted by atomic mass is 10.0. The number of aryl methyl sites for hydroxylation is 3. The number of hydrogen-bond acceptors (Lipinski definition) is 1. The summed E-state index contributed by atoms with van der Waals surface area (Å²) in [5, 5.41) is 4.45. The first-order valence-corrected chi connectivity index (χ1v) is 8.72. The van der Waals surface area contributed by atoms with Gasteiger partial charge in [0, 0.05) is 20.3 Å². The number of benzene rings is 3. The molecule has 3 heterocycles. The first kappa shape index (κ1) is 11.4. The van der Waals surface area contributed by atoms with Crippen LogP contribution in [0, 0.1) is 13.8 Å². The van der Waals surface area contributed by atoms with Gasteiger partial charge in [0.2, 0.25) is 0 Å². The fourth-order valence-electron chi connectivity index (χ4n) is 4.52. The molecule has 3 aromatic heterocycles. The molecule has 124 valence electrons. The highest BCUT2D eigenvalue weighted by molar-refractivity contribution is 6.26.